The molecule has 3 aromatic rings. The molecule has 1 N–H and O–H groups in total. The van der Waals surface area contributed by atoms with Crippen LogP contribution in [-0.2, 0) is 16.1 Å². The first-order valence-corrected chi connectivity index (χ1v) is 10.1. The van der Waals surface area contributed by atoms with E-state index in [9.17, 15) is 14.7 Å². The molecule has 6 heteroatoms. The van der Waals surface area contributed by atoms with Crippen LogP contribution in [0.25, 0.3) is 5.76 Å². The van der Waals surface area contributed by atoms with E-state index in [2.05, 4.69) is 4.98 Å². The first kappa shape index (κ1) is 20.3. The number of amides is 1. The molecule has 0 spiro atoms. The van der Waals surface area contributed by atoms with Crippen LogP contribution in [0.2, 0.25) is 0 Å². The Morgan fingerprint density at radius 1 is 1.00 bits per heavy atom. The number of carbonyl (C=O) groups is 2. The van der Waals surface area contributed by atoms with Crippen molar-refractivity contribution in [1.29, 1.82) is 0 Å². The summed E-state index contributed by atoms with van der Waals surface area (Å²) in [6, 6.07) is 20.7. The number of aliphatic hydroxyl groups excluding tert-OH is 1. The van der Waals surface area contributed by atoms with Crippen molar-refractivity contribution in [3.05, 3.63) is 101 Å². The van der Waals surface area contributed by atoms with Gasteiger partial charge in [0.2, 0.25) is 0 Å². The first-order valence-electron chi connectivity index (χ1n) is 10.1. The number of rotatable bonds is 6. The molecule has 0 bridgehead atoms. The minimum atomic E-state index is -0.713. The van der Waals surface area contributed by atoms with Crippen molar-refractivity contribution in [1.82, 2.24) is 9.88 Å². The van der Waals surface area contributed by atoms with Gasteiger partial charge in [-0.2, -0.15) is 0 Å². The molecule has 156 valence electrons. The van der Waals surface area contributed by atoms with Crippen LogP contribution in [0.3, 0.4) is 0 Å². The molecule has 1 aliphatic rings. The molecule has 1 aromatic heterocycles. The highest BCUT2D eigenvalue weighted by molar-refractivity contribution is 6.46. The Labute approximate surface area is 180 Å². The van der Waals surface area contributed by atoms with E-state index in [1.807, 2.05) is 43.3 Å². The van der Waals surface area contributed by atoms with E-state index in [1.165, 1.54) is 4.90 Å². The number of carbonyl (C=O) groups excluding carboxylic acids is 2. The molecule has 1 atom stereocenters. The third-order valence-electron chi connectivity index (χ3n) is 5.15. The number of aromatic nitrogens is 1. The number of benzene rings is 2. The van der Waals surface area contributed by atoms with Gasteiger partial charge < -0.3 is 14.7 Å². The molecule has 1 saturated heterocycles. The number of Topliss-reactive ketones (excluding diaryl/α,β-unsaturated/α-hetero) is 1. The molecule has 1 fully saturated rings. The van der Waals surface area contributed by atoms with Gasteiger partial charge in [0.05, 0.1) is 30.5 Å². The number of aliphatic hydroxyl groups is 1. The zero-order chi connectivity index (χ0) is 21.8. The Morgan fingerprint density at radius 2 is 1.71 bits per heavy atom. The number of nitrogens with zero attached hydrogens (tertiary/aromatic N) is 2. The zero-order valence-electron chi connectivity index (χ0n) is 17.1. The van der Waals surface area contributed by atoms with Gasteiger partial charge in [0.1, 0.15) is 11.5 Å². The summed E-state index contributed by atoms with van der Waals surface area (Å²) >= 11 is 0. The Hall–Kier alpha value is -3.93. The zero-order valence-corrected chi connectivity index (χ0v) is 17.1. The average molecular weight is 414 g/mol. The lowest BCUT2D eigenvalue weighted by atomic mass is 9.95. The molecule has 1 amide bonds. The van der Waals surface area contributed by atoms with Crippen LogP contribution in [0, 0.1) is 0 Å². The highest BCUT2D eigenvalue weighted by atomic mass is 16.5. The van der Waals surface area contributed by atoms with Gasteiger partial charge in [-0.05, 0) is 48.9 Å². The predicted octanol–water partition coefficient (Wildman–Crippen LogP) is 4.10. The summed E-state index contributed by atoms with van der Waals surface area (Å²) in [5, 5.41) is 11.1. The van der Waals surface area contributed by atoms with Gasteiger partial charge in [-0.15, -0.1) is 0 Å². The largest absolute Gasteiger partial charge is 0.507 e. The Kier molecular flexibility index (Phi) is 5.80. The first-order chi connectivity index (χ1) is 15.1. The standard InChI is InChI=1S/C25H22N2O4/c1-2-31-20-13-11-18(12-14-20)23(28)21-22(17-8-4-3-5-9-17)27(25(30)24(21)29)16-19-10-6-7-15-26-19/h3-15,22,28H,2,16H2,1H3/b23-21+. The van der Waals surface area contributed by atoms with Crippen LogP contribution in [0.1, 0.15) is 29.8 Å². The Bertz CT molecular complexity index is 1110. The van der Waals surface area contributed by atoms with Crippen LogP contribution in [-0.4, -0.2) is 33.3 Å². The maximum Gasteiger partial charge on any atom is 0.296 e. The summed E-state index contributed by atoms with van der Waals surface area (Å²) in [6.07, 6.45) is 1.64. The number of pyridine rings is 1. The van der Waals surface area contributed by atoms with Gasteiger partial charge in [-0.1, -0.05) is 36.4 Å². The maximum atomic E-state index is 13.0. The van der Waals surface area contributed by atoms with Crippen molar-refractivity contribution in [2.45, 2.75) is 19.5 Å². The molecule has 0 saturated carbocycles. The van der Waals surface area contributed by atoms with Gasteiger partial charge in [0.15, 0.2) is 0 Å². The second-order valence-corrected chi connectivity index (χ2v) is 7.12. The summed E-state index contributed by atoms with van der Waals surface area (Å²) in [4.78, 5) is 31.7. The van der Waals surface area contributed by atoms with E-state index >= 15 is 0 Å². The SMILES string of the molecule is CCOc1ccc(/C(O)=C2\C(=O)C(=O)N(Cc3ccccn3)C2c2ccccc2)cc1. The highest BCUT2D eigenvalue weighted by Gasteiger charge is 2.46. The van der Waals surface area contributed by atoms with Gasteiger partial charge in [0.25, 0.3) is 11.7 Å². The van der Waals surface area contributed by atoms with Crippen molar-refractivity contribution in [2.75, 3.05) is 6.61 Å². The van der Waals surface area contributed by atoms with Crippen LogP contribution < -0.4 is 4.74 Å². The molecule has 1 aliphatic heterocycles. The average Bonchev–Trinajstić information content (AvgIpc) is 3.05. The van der Waals surface area contributed by atoms with Crippen molar-refractivity contribution in [2.24, 2.45) is 0 Å². The minimum absolute atomic E-state index is 0.0660. The third-order valence-corrected chi connectivity index (χ3v) is 5.15. The predicted molar refractivity (Wildman–Crippen MR) is 116 cm³/mol. The van der Waals surface area contributed by atoms with Crippen molar-refractivity contribution >= 4 is 17.4 Å². The highest BCUT2D eigenvalue weighted by Crippen LogP contribution is 2.40. The smallest absolute Gasteiger partial charge is 0.296 e. The van der Waals surface area contributed by atoms with E-state index in [4.69, 9.17) is 4.74 Å². The van der Waals surface area contributed by atoms with Gasteiger partial charge in [-0.25, -0.2) is 0 Å². The molecule has 2 aromatic carbocycles. The molecule has 4 rings (SSSR count). The number of hydrogen-bond donors (Lipinski definition) is 1. The number of hydrogen-bond acceptors (Lipinski definition) is 5. The molecule has 31 heavy (non-hydrogen) atoms. The normalized spacial score (nSPS) is 17.7. The summed E-state index contributed by atoms with van der Waals surface area (Å²) < 4.78 is 5.44. The summed E-state index contributed by atoms with van der Waals surface area (Å²) in [6.45, 7) is 2.57. The molecule has 0 radical (unpaired) electrons. The van der Waals surface area contributed by atoms with Crippen molar-refractivity contribution in [3.8, 4) is 5.75 Å². The van der Waals surface area contributed by atoms with E-state index in [-0.39, 0.29) is 17.9 Å². The van der Waals surface area contributed by atoms with Crippen molar-refractivity contribution in [3.63, 3.8) is 0 Å². The van der Waals surface area contributed by atoms with Gasteiger partial charge in [-0.3, -0.25) is 14.6 Å². The van der Waals surface area contributed by atoms with Crippen LogP contribution in [0.5, 0.6) is 5.75 Å². The fourth-order valence-electron chi connectivity index (χ4n) is 3.72. The van der Waals surface area contributed by atoms with Crippen LogP contribution >= 0.6 is 0 Å². The molecular formula is C25H22N2O4. The van der Waals surface area contributed by atoms with E-state index < -0.39 is 17.7 Å². The number of likely N-dealkylation sites (tertiary alicyclic amines) is 1. The quantitative estimate of drug-likeness (QED) is 0.373. The lowest BCUT2D eigenvalue weighted by Crippen LogP contribution is -2.29. The maximum absolute atomic E-state index is 13.0. The summed E-state index contributed by atoms with van der Waals surface area (Å²) in [7, 11) is 0. The van der Waals surface area contributed by atoms with E-state index in [1.54, 1.807) is 42.6 Å². The van der Waals surface area contributed by atoms with Crippen molar-refractivity contribution < 1.29 is 19.4 Å². The van der Waals surface area contributed by atoms with E-state index in [0.29, 0.717) is 23.6 Å². The lowest BCUT2D eigenvalue weighted by molar-refractivity contribution is -0.140. The molecule has 0 aliphatic carbocycles. The lowest BCUT2D eigenvalue weighted by Gasteiger charge is -2.25. The molecule has 2 heterocycles. The van der Waals surface area contributed by atoms with Gasteiger partial charge >= 0.3 is 0 Å². The van der Waals surface area contributed by atoms with E-state index in [0.717, 1.165) is 5.56 Å². The van der Waals surface area contributed by atoms with Crippen LogP contribution in [0.4, 0.5) is 0 Å². The molecular weight excluding hydrogens is 392 g/mol. The molecule has 6 nitrogen and oxygen atoms in total. The topological polar surface area (TPSA) is 79.7 Å². The minimum Gasteiger partial charge on any atom is -0.507 e. The number of ketones is 1. The second-order valence-electron chi connectivity index (χ2n) is 7.12. The monoisotopic (exact) mass is 414 g/mol. The molecule has 1 unspecified atom stereocenters. The summed E-state index contributed by atoms with van der Waals surface area (Å²) in [5.74, 6) is -0.920. The number of ether oxygens (including phenoxy) is 1. The third kappa shape index (κ3) is 4.05. The summed E-state index contributed by atoms with van der Waals surface area (Å²) in [5.41, 5.74) is 1.91. The van der Waals surface area contributed by atoms with Gasteiger partial charge in [0, 0.05) is 11.8 Å². The second kappa shape index (κ2) is 8.83. The fourth-order valence-corrected chi connectivity index (χ4v) is 3.72. The van der Waals surface area contributed by atoms with Crippen LogP contribution in [0.15, 0.2) is 84.6 Å². The Balaban J connectivity index is 1.80. The Morgan fingerprint density at radius 3 is 2.35 bits per heavy atom. The fraction of sp³-hybridized carbons (Fsp3) is 0.160.